The van der Waals surface area contributed by atoms with Crippen LogP contribution in [0.3, 0.4) is 0 Å². The molecule has 1 aliphatic carbocycles. The van der Waals surface area contributed by atoms with Crippen molar-refractivity contribution in [2.75, 3.05) is 19.6 Å². The molecular weight excluding hydrogens is 260 g/mol. The fourth-order valence-electron chi connectivity index (χ4n) is 3.68. The lowest BCUT2D eigenvalue weighted by molar-refractivity contribution is -0.159. The number of nitrogens with zero attached hydrogens (tertiary/aromatic N) is 1. The number of piperidine rings is 2. The van der Waals surface area contributed by atoms with Gasteiger partial charge in [0.15, 0.2) is 0 Å². The van der Waals surface area contributed by atoms with Crippen LogP contribution in [-0.4, -0.2) is 58.8 Å². The van der Waals surface area contributed by atoms with E-state index in [0.717, 1.165) is 6.42 Å². The second-order valence-corrected chi connectivity index (χ2v) is 6.40. The molecule has 0 aromatic heterocycles. The van der Waals surface area contributed by atoms with Crippen LogP contribution < -0.4 is 5.32 Å². The van der Waals surface area contributed by atoms with Gasteiger partial charge in [-0.1, -0.05) is 0 Å². The molecule has 1 spiro atoms. The molecule has 0 bridgehead atoms. The van der Waals surface area contributed by atoms with E-state index < -0.39 is 11.5 Å². The second kappa shape index (κ2) is 5.00. The summed E-state index contributed by atoms with van der Waals surface area (Å²) in [4.78, 5) is 26.3. The Morgan fingerprint density at radius 3 is 2.75 bits per heavy atom. The van der Waals surface area contributed by atoms with E-state index in [4.69, 9.17) is 0 Å². The number of amides is 2. The van der Waals surface area contributed by atoms with Gasteiger partial charge >= 0.3 is 0 Å². The Kier molecular flexibility index (Phi) is 3.46. The van der Waals surface area contributed by atoms with Crippen molar-refractivity contribution >= 4 is 11.8 Å². The first kappa shape index (κ1) is 13.8. The van der Waals surface area contributed by atoms with Gasteiger partial charge in [-0.05, 0) is 32.1 Å². The van der Waals surface area contributed by atoms with E-state index in [2.05, 4.69) is 5.32 Å². The highest BCUT2D eigenvalue weighted by Crippen LogP contribution is 2.39. The van der Waals surface area contributed by atoms with E-state index in [1.807, 2.05) is 0 Å². The summed E-state index contributed by atoms with van der Waals surface area (Å²) in [6.07, 6.45) is 1.96. The molecule has 3 rings (SSSR count). The quantitative estimate of drug-likeness (QED) is 0.590. The smallest absolute Gasteiger partial charge is 0.230 e. The summed E-state index contributed by atoms with van der Waals surface area (Å²) in [7, 11) is 0. The van der Waals surface area contributed by atoms with Crippen molar-refractivity contribution in [3.05, 3.63) is 0 Å². The maximum Gasteiger partial charge on any atom is 0.230 e. The molecule has 0 aromatic carbocycles. The van der Waals surface area contributed by atoms with Gasteiger partial charge in [0.25, 0.3) is 0 Å². The van der Waals surface area contributed by atoms with Gasteiger partial charge in [-0.3, -0.25) is 9.59 Å². The maximum absolute atomic E-state index is 12.4. The van der Waals surface area contributed by atoms with Crippen LogP contribution in [0.15, 0.2) is 0 Å². The molecule has 3 aliphatic rings. The first-order valence-electron chi connectivity index (χ1n) is 7.46. The summed E-state index contributed by atoms with van der Waals surface area (Å²) < 4.78 is 0. The molecule has 0 radical (unpaired) electrons. The Hall–Kier alpha value is -1.14. The third-order valence-corrected chi connectivity index (χ3v) is 5.09. The number of aliphatic hydroxyl groups excluding tert-OH is 2. The van der Waals surface area contributed by atoms with Crippen LogP contribution in [0.4, 0.5) is 0 Å². The predicted octanol–water partition coefficient (Wildman–Crippen LogP) is -0.753. The summed E-state index contributed by atoms with van der Waals surface area (Å²) in [6, 6.07) is 0. The van der Waals surface area contributed by atoms with E-state index in [1.54, 1.807) is 4.90 Å². The van der Waals surface area contributed by atoms with Gasteiger partial charge in [-0.2, -0.15) is 0 Å². The fourth-order valence-corrected chi connectivity index (χ4v) is 3.68. The average Bonchev–Trinajstić information content (AvgIpc) is 2.40. The number of rotatable bonds is 1. The topological polar surface area (TPSA) is 89.9 Å². The van der Waals surface area contributed by atoms with Crippen molar-refractivity contribution in [3.63, 3.8) is 0 Å². The Balaban J connectivity index is 1.72. The predicted molar refractivity (Wildman–Crippen MR) is 70.6 cm³/mol. The van der Waals surface area contributed by atoms with Gasteiger partial charge in [-0.15, -0.1) is 0 Å². The Bertz CT molecular complexity index is 421. The molecule has 20 heavy (non-hydrogen) atoms. The van der Waals surface area contributed by atoms with Gasteiger partial charge < -0.3 is 20.4 Å². The Morgan fingerprint density at radius 1 is 1.35 bits per heavy atom. The molecule has 2 atom stereocenters. The summed E-state index contributed by atoms with van der Waals surface area (Å²) in [5.74, 6) is -0.203. The average molecular weight is 282 g/mol. The summed E-state index contributed by atoms with van der Waals surface area (Å²) in [5.41, 5.74) is -0.825. The van der Waals surface area contributed by atoms with E-state index in [9.17, 15) is 19.8 Å². The highest BCUT2D eigenvalue weighted by Gasteiger charge is 2.51. The number of hydrogen-bond acceptors (Lipinski definition) is 4. The molecule has 3 N–H and O–H groups in total. The summed E-state index contributed by atoms with van der Waals surface area (Å²) >= 11 is 0. The molecule has 2 amide bonds. The van der Waals surface area contributed by atoms with Gasteiger partial charge in [-0.25, -0.2) is 0 Å². The van der Waals surface area contributed by atoms with Crippen molar-refractivity contribution in [1.82, 2.24) is 10.2 Å². The van der Waals surface area contributed by atoms with Crippen LogP contribution in [-0.2, 0) is 9.59 Å². The maximum atomic E-state index is 12.4. The largest absolute Gasteiger partial charge is 0.393 e. The molecule has 0 aromatic rings. The molecule has 2 saturated heterocycles. The summed E-state index contributed by atoms with van der Waals surface area (Å²) in [6.45, 7) is 1.46. The van der Waals surface area contributed by atoms with Crippen LogP contribution in [0.2, 0.25) is 0 Å². The molecular formula is C14H22N2O4. The molecule has 2 aliphatic heterocycles. The SMILES string of the molecule is O=C(C1CC(O)C1)N1CC[C@@H](O)[C@@]2(CCCNC2=O)C1. The van der Waals surface area contributed by atoms with E-state index >= 15 is 0 Å². The van der Waals surface area contributed by atoms with Crippen LogP contribution in [0.25, 0.3) is 0 Å². The normalized spacial score (nSPS) is 41.2. The molecule has 1 saturated carbocycles. The van der Waals surface area contributed by atoms with Crippen LogP contribution in [0, 0.1) is 11.3 Å². The zero-order chi connectivity index (χ0) is 14.3. The third kappa shape index (κ3) is 2.11. The lowest BCUT2D eigenvalue weighted by Crippen LogP contribution is -2.63. The second-order valence-electron chi connectivity index (χ2n) is 6.40. The van der Waals surface area contributed by atoms with Crippen molar-refractivity contribution in [2.24, 2.45) is 11.3 Å². The standard InChI is InChI=1S/C14H22N2O4/c17-10-6-9(7-10)12(19)16-5-2-11(18)14(8-16)3-1-4-15-13(14)20/h9-11,17-18H,1-8H2,(H,15,20)/t9?,10?,11-,14-/m1/s1. The minimum atomic E-state index is -0.825. The molecule has 6 nitrogen and oxygen atoms in total. The highest BCUT2D eigenvalue weighted by molar-refractivity contribution is 5.86. The van der Waals surface area contributed by atoms with Gasteiger partial charge in [0, 0.05) is 25.6 Å². The van der Waals surface area contributed by atoms with Crippen molar-refractivity contribution in [2.45, 2.75) is 44.3 Å². The van der Waals surface area contributed by atoms with Crippen LogP contribution in [0.5, 0.6) is 0 Å². The minimum Gasteiger partial charge on any atom is -0.393 e. The molecule has 6 heteroatoms. The molecule has 3 fully saturated rings. The van der Waals surface area contributed by atoms with Crippen molar-refractivity contribution in [3.8, 4) is 0 Å². The number of carbonyl (C=O) groups excluding carboxylic acids is 2. The lowest BCUT2D eigenvalue weighted by atomic mass is 9.70. The zero-order valence-corrected chi connectivity index (χ0v) is 11.5. The molecule has 2 heterocycles. The number of nitrogens with one attached hydrogen (secondary N) is 1. The minimum absolute atomic E-state index is 0.0277. The first-order valence-corrected chi connectivity index (χ1v) is 7.46. The first-order chi connectivity index (χ1) is 9.53. The fraction of sp³-hybridized carbons (Fsp3) is 0.857. The van der Waals surface area contributed by atoms with Crippen molar-refractivity contribution < 1.29 is 19.8 Å². The number of carbonyl (C=O) groups is 2. The van der Waals surface area contributed by atoms with Crippen molar-refractivity contribution in [1.29, 1.82) is 0 Å². The third-order valence-electron chi connectivity index (χ3n) is 5.09. The summed E-state index contributed by atoms with van der Waals surface area (Å²) in [5, 5.41) is 22.4. The number of hydrogen-bond donors (Lipinski definition) is 3. The molecule has 112 valence electrons. The number of likely N-dealkylation sites (tertiary alicyclic amines) is 1. The monoisotopic (exact) mass is 282 g/mol. The van der Waals surface area contributed by atoms with Gasteiger partial charge in [0.05, 0.1) is 17.6 Å². The Labute approximate surface area is 118 Å². The number of aliphatic hydroxyl groups is 2. The van der Waals surface area contributed by atoms with E-state index in [0.29, 0.717) is 45.3 Å². The van der Waals surface area contributed by atoms with Gasteiger partial charge in [0.1, 0.15) is 0 Å². The Morgan fingerprint density at radius 2 is 2.10 bits per heavy atom. The van der Waals surface area contributed by atoms with Crippen LogP contribution in [0.1, 0.15) is 32.1 Å². The van der Waals surface area contributed by atoms with E-state index in [-0.39, 0.29) is 23.8 Å². The van der Waals surface area contributed by atoms with E-state index in [1.165, 1.54) is 0 Å². The highest BCUT2D eigenvalue weighted by atomic mass is 16.3. The van der Waals surface area contributed by atoms with Gasteiger partial charge in [0.2, 0.25) is 11.8 Å². The molecule has 0 unspecified atom stereocenters. The van der Waals surface area contributed by atoms with Crippen LogP contribution >= 0.6 is 0 Å². The lowest BCUT2D eigenvalue weighted by Gasteiger charge is -2.48. The zero-order valence-electron chi connectivity index (χ0n) is 11.5.